The van der Waals surface area contributed by atoms with Crippen LogP contribution in [0.1, 0.15) is 28.5 Å². The van der Waals surface area contributed by atoms with Gasteiger partial charge in [0.25, 0.3) is 5.56 Å². The molecular weight excluding hydrogens is 368 g/mol. The molecule has 1 unspecified atom stereocenters. The lowest BCUT2D eigenvalue weighted by molar-refractivity contribution is 0.0563. The Labute approximate surface area is 157 Å². The third-order valence-electron chi connectivity index (χ3n) is 4.29. The van der Waals surface area contributed by atoms with Gasteiger partial charge >= 0.3 is 5.97 Å². The van der Waals surface area contributed by atoms with Gasteiger partial charge in [-0.15, -0.1) is 10.2 Å². The van der Waals surface area contributed by atoms with Gasteiger partial charge in [-0.05, 0) is 31.2 Å². The van der Waals surface area contributed by atoms with Gasteiger partial charge in [0.05, 0.1) is 23.3 Å². The van der Waals surface area contributed by atoms with Crippen molar-refractivity contribution in [2.24, 2.45) is 7.05 Å². The highest BCUT2D eigenvalue weighted by Gasteiger charge is 2.20. The second kappa shape index (κ2) is 6.58. The van der Waals surface area contributed by atoms with Crippen molar-refractivity contribution in [3.63, 3.8) is 0 Å². The molecule has 3 aromatic heterocycles. The van der Waals surface area contributed by atoms with E-state index in [1.807, 2.05) is 29.5 Å². The number of para-hydroxylation sites is 1. The van der Waals surface area contributed by atoms with Gasteiger partial charge in [-0.1, -0.05) is 23.9 Å². The summed E-state index contributed by atoms with van der Waals surface area (Å²) >= 11 is 1.42. The molecule has 0 saturated carbocycles. The van der Waals surface area contributed by atoms with Gasteiger partial charge in [0.15, 0.2) is 5.16 Å². The second-order valence-corrected chi connectivity index (χ2v) is 7.26. The molecule has 1 aromatic carbocycles. The Balaban J connectivity index is 1.78. The van der Waals surface area contributed by atoms with Crippen molar-refractivity contribution >= 4 is 34.4 Å². The Kier molecular flexibility index (Phi) is 4.23. The Hall–Kier alpha value is -3.07. The molecule has 1 atom stereocenters. The SMILES string of the molecule is COC(=O)c1ccc(C(C)Sc2nnc3n(C)c(=O)c4ccccc4n23)o1. The first-order chi connectivity index (χ1) is 13.0. The average Bonchev–Trinajstić information content (AvgIpc) is 3.33. The Morgan fingerprint density at radius 3 is 2.78 bits per heavy atom. The monoisotopic (exact) mass is 384 g/mol. The van der Waals surface area contributed by atoms with Crippen molar-refractivity contribution < 1.29 is 13.9 Å². The minimum absolute atomic E-state index is 0.121. The van der Waals surface area contributed by atoms with Crippen LogP contribution in [0.2, 0.25) is 0 Å². The molecule has 0 fully saturated rings. The third-order valence-corrected chi connectivity index (χ3v) is 5.35. The van der Waals surface area contributed by atoms with Gasteiger partial charge in [0.1, 0.15) is 5.76 Å². The molecule has 8 nitrogen and oxygen atoms in total. The van der Waals surface area contributed by atoms with Crippen LogP contribution in [-0.4, -0.2) is 32.2 Å². The van der Waals surface area contributed by atoms with Crippen LogP contribution in [0.25, 0.3) is 16.7 Å². The molecule has 9 heteroatoms. The topological polar surface area (TPSA) is 91.6 Å². The van der Waals surface area contributed by atoms with Crippen LogP contribution in [0, 0.1) is 0 Å². The van der Waals surface area contributed by atoms with E-state index in [0.717, 1.165) is 5.52 Å². The molecule has 0 saturated heterocycles. The van der Waals surface area contributed by atoms with Gasteiger partial charge < -0.3 is 9.15 Å². The van der Waals surface area contributed by atoms with Gasteiger partial charge in [0, 0.05) is 7.05 Å². The molecule has 0 bridgehead atoms. The van der Waals surface area contributed by atoms with E-state index >= 15 is 0 Å². The molecule has 4 rings (SSSR count). The number of carbonyl (C=O) groups is 1. The average molecular weight is 384 g/mol. The Morgan fingerprint density at radius 1 is 1.22 bits per heavy atom. The van der Waals surface area contributed by atoms with Gasteiger partial charge in [0.2, 0.25) is 11.5 Å². The fraction of sp³-hybridized carbons (Fsp3) is 0.222. The summed E-state index contributed by atoms with van der Waals surface area (Å²) in [6.45, 7) is 1.94. The lowest BCUT2D eigenvalue weighted by atomic mass is 10.2. The minimum atomic E-state index is -0.521. The van der Waals surface area contributed by atoms with E-state index in [0.29, 0.717) is 22.1 Å². The lowest BCUT2D eigenvalue weighted by Crippen LogP contribution is -2.20. The maximum Gasteiger partial charge on any atom is 0.373 e. The molecule has 0 amide bonds. The Bertz CT molecular complexity index is 1220. The van der Waals surface area contributed by atoms with E-state index in [1.54, 1.807) is 25.2 Å². The number of hydrogen-bond donors (Lipinski definition) is 0. The van der Waals surface area contributed by atoms with Gasteiger partial charge in [-0.25, -0.2) is 4.79 Å². The van der Waals surface area contributed by atoms with Crippen LogP contribution in [-0.2, 0) is 11.8 Å². The predicted molar refractivity (Wildman–Crippen MR) is 100 cm³/mol. The third kappa shape index (κ3) is 2.80. The number of methoxy groups -OCH3 is 1. The fourth-order valence-corrected chi connectivity index (χ4v) is 3.82. The second-order valence-electron chi connectivity index (χ2n) is 5.95. The summed E-state index contributed by atoms with van der Waals surface area (Å²) < 4.78 is 13.6. The number of benzene rings is 1. The number of carbonyl (C=O) groups excluding carboxylic acids is 1. The molecule has 4 aromatic rings. The highest BCUT2D eigenvalue weighted by molar-refractivity contribution is 7.99. The largest absolute Gasteiger partial charge is 0.463 e. The number of fused-ring (bicyclic) bond motifs is 3. The standard InChI is InChI=1S/C18H16N4O4S/c1-10(13-8-9-14(26-13)16(24)25-3)27-18-20-19-17-21(2)15(23)11-6-4-5-7-12(11)22(17)18/h4-10H,1-3H3. The summed E-state index contributed by atoms with van der Waals surface area (Å²) in [5, 5.41) is 9.51. The quantitative estimate of drug-likeness (QED) is 0.395. The van der Waals surface area contributed by atoms with Crippen molar-refractivity contribution in [1.82, 2.24) is 19.2 Å². The number of ether oxygens (including phenoxy) is 1. The highest BCUT2D eigenvalue weighted by atomic mass is 32.2. The maximum absolute atomic E-state index is 12.5. The number of aryl methyl sites for hydroxylation is 1. The number of thioether (sulfide) groups is 1. The normalized spacial score (nSPS) is 12.6. The molecule has 0 spiro atoms. The first-order valence-corrected chi connectivity index (χ1v) is 9.06. The van der Waals surface area contributed by atoms with Crippen LogP contribution in [0.3, 0.4) is 0 Å². The van der Waals surface area contributed by atoms with Crippen LogP contribution < -0.4 is 5.56 Å². The van der Waals surface area contributed by atoms with E-state index in [2.05, 4.69) is 14.9 Å². The van der Waals surface area contributed by atoms with Crippen molar-refractivity contribution in [2.45, 2.75) is 17.3 Å². The van der Waals surface area contributed by atoms with Crippen LogP contribution in [0.15, 0.2) is 50.8 Å². The molecule has 0 aliphatic carbocycles. The molecule has 138 valence electrons. The first kappa shape index (κ1) is 17.3. The smallest absolute Gasteiger partial charge is 0.373 e. The van der Waals surface area contributed by atoms with Crippen LogP contribution in [0.5, 0.6) is 0 Å². The molecule has 0 radical (unpaired) electrons. The van der Waals surface area contributed by atoms with E-state index in [9.17, 15) is 9.59 Å². The molecule has 27 heavy (non-hydrogen) atoms. The summed E-state index contributed by atoms with van der Waals surface area (Å²) in [4.78, 5) is 24.1. The zero-order valence-electron chi connectivity index (χ0n) is 14.9. The first-order valence-electron chi connectivity index (χ1n) is 8.19. The van der Waals surface area contributed by atoms with E-state index in [4.69, 9.17) is 4.42 Å². The molecule has 0 N–H and O–H groups in total. The van der Waals surface area contributed by atoms with E-state index < -0.39 is 5.97 Å². The number of esters is 1. The van der Waals surface area contributed by atoms with Crippen molar-refractivity contribution in [2.75, 3.05) is 7.11 Å². The highest BCUT2D eigenvalue weighted by Crippen LogP contribution is 2.35. The number of rotatable bonds is 4. The number of hydrogen-bond acceptors (Lipinski definition) is 7. The van der Waals surface area contributed by atoms with Crippen LogP contribution in [0.4, 0.5) is 0 Å². The fourth-order valence-electron chi connectivity index (χ4n) is 2.89. The zero-order valence-corrected chi connectivity index (χ0v) is 15.7. The zero-order chi connectivity index (χ0) is 19.1. The summed E-state index contributed by atoms with van der Waals surface area (Å²) in [6, 6.07) is 10.7. The van der Waals surface area contributed by atoms with Crippen molar-refractivity contribution in [3.8, 4) is 0 Å². The molecular formula is C18H16N4O4S. The Morgan fingerprint density at radius 2 is 2.00 bits per heavy atom. The summed E-state index contributed by atoms with van der Waals surface area (Å²) in [5.41, 5.74) is 0.619. The van der Waals surface area contributed by atoms with Crippen molar-refractivity contribution in [3.05, 3.63) is 58.3 Å². The van der Waals surface area contributed by atoms with Gasteiger partial charge in [-0.2, -0.15) is 0 Å². The summed E-state index contributed by atoms with van der Waals surface area (Å²) in [7, 11) is 2.98. The molecule has 0 aliphatic rings. The number of nitrogens with zero attached hydrogens (tertiary/aromatic N) is 4. The number of aromatic nitrogens is 4. The van der Waals surface area contributed by atoms with Crippen LogP contribution >= 0.6 is 11.8 Å². The van der Waals surface area contributed by atoms with Gasteiger partial charge in [-0.3, -0.25) is 13.8 Å². The number of furan rings is 1. The lowest BCUT2D eigenvalue weighted by Gasteiger charge is -2.10. The summed E-state index contributed by atoms with van der Waals surface area (Å²) in [6.07, 6.45) is 0. The summed E-state index contributed by atoms with van der Waals surface area (Å²) in [5.74, 6) is 0.709. The minimum Gasteiger partial charge on any atom is -0.463 e. The van der Waals surface area contributed by atoms with Crippen molar-refractivity contribution in [1.29, 1.82) is 0 Å². The van der Waals surface area contributed by atoms with E-state index in [1.165, 1.54) is 23.4 Å². The maximum atomic E-state index is 12.5. The molecule has 3 heterocycles. The molecule has 0 aliphatic heterocycles. The predicted octanol–water partition coefficient (Wildman–Crippen LogP) is 2.81. The van der Waals surface area contributed by atoms with E-state index in [-0.39, 0.29) is 16.6 Å².